The number of oxazole rings is 1. The van der Waals surface area contributed by atoms with Crippen LogP contribution in [0.5, 0.6) is 11.5 Å². The molecule has 4 rings (SSSR count). The number of pyridine rings is 1. The van der Waals surface area contributed by atoms with Crippen LogP contribution in [-0.2, 0) is 6.54 Å². The van der Waals surface area contributed by atoms with Gasteiger partial charge in [0.05, 0.1) is 0 Å². The molecule has 0 radical (unpaired) electrons. The SMILES string of the molecule is O=C(NCc1ccncc1)c1ncoc1-c1ccc2c(c1)OCCO2. The van der Waals surface area contributed by atoms with Gasteiger partial charge in [-0.05, 0) is 35.9 Å². The number of carbonyl (C=O) groups is 1. The molecule has 0 atom stereocenters. The zero-order valence-corrected chi connectivity index (χ0v) is 13.3. The largest absolute Gasteiger partial charge is 0.486 e. The number of hydrogen-bond donors (Lipinski definition) is 1. The molecule has 1 aliphatic heterocycles. The van der Waals surface area contributed by atoms with Crippen molar-refractivity contribution in [3.63, 3.8) is 0 Å². The summed E-state index contributed by atoms with van der Waals surface area (Å²) in [6.45, 7) is 1.40. The van der Waals surface area contributed by atoms with Gasteiger partial charge in [-0.25, -0.2) is 4.98 Å². The summed E-state index contributed by atoms with van der Waals surface area (Å²) in [5.41, 5.74) is 1.88. The third-order valence-corrected chi connectivity index (χ3v) is 3.79. The van der Waals surface area contributed by atoms with E-state index in [-0.39, 0.29) is 11.6 Å². The van der Waals surface area contributed by atoms with E-state index in [1.807, 2.05) is 18.2 Å². The molecule has 0 fully saturated rings. The van der Waals surface area contributed by atoms with Crippen LogP contribution < -0.4 is 14.8 Å². The minimum absolute atomic E-state index is 0.228. The Balaban J connectivity index is 1.55. The van der Waals surface area contributed by atoms with Crippen LogP contribution in [0.2, 0.25) is 0 Å². The molecule has 126 valence electrons. The summed E-state index contributed by atoms with van der Waals surface area (Å²) in [4.78, 5) is 20.5. The lowest BCUT2D eigenvalue weighted by atomic mass is 10.1. The van der Waals surface area contributed by atoms with E-state index >= 15 is 0 Å². The monoisotopic (exact) mass is 337 g/mol. The van der Waals surface area contributed by atoms with Crippen molar-refractivity contribution in [3.8, 4) is 22.8 Å². The van der Waals surface area contributed by atoms with E-state index < -0.39 is 0 Å². The van der Waals surface area contributed by atoms with Gasteiger partial charge in [-0.1, -0.05) is 0 Å². The lowest BCUT2D eigenvalue weighted by molar-refractivity contribution is 0.0946. The normalized spacial score (nSPS) is 12.6. The number of nitrogens with one attached hydrogen (secondary N) is 1. The third-order valence-electron chi connectivity index (χ3n) is 3.79. The molecule has 1 aromatic carbocycles. The molecule has 7 nitrogen and oxygen atoms in total. The van der Waals surface area contributed by atoms with Crippen molar-refractivity contribution in [1.82, 2.24) is 15.3 Å². The second kappa shape index (κ2) is 6.64. The number of rotatable bonds is 4. The molecule has 0 bridgehead atoms. The summed E-state index contributed by atoms with van der Waals surface area (Å²) < 4.78 is 16.5. The summed E-state index contributed by atoms with van der Waals surface area (Å²) in [6, 6.07) is 9.07. The van der Waals surface area contributed by atoms with E-state index in [9.17, 15) is 4.79 Å². The maximum Gasteiger partial charge on any atom is 0.274 e. The first kappa shape index (κ1) is 15.2. The fourth-order valence-electron chi connectivity index (χ4n) is 2.56. The van der Waals surface area contributed by atoms with Gasteiger partial charge in [-0.15, -0.1) is 0 Å². The van der Waals surface area contributed by atoms with Crippen molar-refractivity contribution in [2.75, 3.05) is 13.2 Å². The first-order valence-electron chi connectivity index (χ1n) is 7.82. The highest BCUT2D eigenvalue weighted by atomic mass is 16.6. The molecule has 1 N–H and O–H groups in total. The van der Waals surface area contributed by atoms with Gasteiger partial charge in [-0.3, -0.25) is 9.78 Å². The van der Waals surface area contributed by atoms with Crippen LogP contribution in [0.1, 0.15) is 16.1 Å². The van der Waals surface area contributed by atoms with Gasteiger partial charge in [0, 0.05) is 24.5 Å². The molecule has 3 heterocycles. The molecule has 1 amide bonds. The smallest absolute Gasteiger partial charge is 0.274 e. The predicted molar refractivity (Wildman–Crippen MR) is 88.3 cm³/mol. The third kappa shape index (κ3) is 3.16. The van der Waals surface area contributed by atoms with Gasteiger partial charge >= 0.3 is 0 Å². The van der Waals surface area contributed by atoms with Gasteiger partial charge < -0.3 is 19.2 Å². The topological polar surface area (TPSA) is 86.5 Å². The van der Waals surface area contributed by atoms with Crippen LogP contribution in [0.15, 0.2) is 53.5 Å². The predicted octanol–water partition coefficient (Wildman–Crippen LogP) is 2.44. The van der Waals surface area contributed by atoms with E-state index in [4.69, 9.17) is 13.9 Å². The fraction of sp³-hybridized carbons (Fsp3) is 0.167. The van der Waals surface area contributed by atoms with Gasteiger partial charge in [0.25, 0.3) is 5.91 Å². The minimum Gasteiger partial charge on any atom is -0.486 e. The number of amides is 1. The summed E-state index contributed by atoms with van der Waals surface area (Å²) >= 11 is 0. The average molecular weight is 337 g/mol. The van der Waals surface area contributed by atoms with Crippen LogP contribution in [0, 0.1) is 0 Å². The molecule has 2 aromatic heterocycles. The van der Waals surface area contributed by atoms with Crippen LogP contribution in [0.3, 0.4) is 0 Å². The van der Waals surface area contributed by atoms with E-state index in [2.05, 4.69) is 15.3 Å². The van der Waals surface area contributed by atoms with Crippen molar-refractivity contribution in [2.45, 2.75) is 6.54 Å². The zero-order chi connectivity index (χ0) is 17.1. The Morgan fingerprint density at radius 3 is 2.72 bits per heavy atom. The first-order valence-corrected chi connectivity index (χ1v) is 7.82. The molecule has 25 heavy (non-hydrogen) atoms. The summed E-state index contributed by atoms with van der Waals surface area (Å²) in [6.07, 6.45) is 4.61. The Morgan fingerprint density at radius 1 is 1.08 bits per heavy atom. The Labute approximate surface area is 143 Å². The maximum atomic E-state index is 12.5. The zero-order valence-electron chi connectivity index (χ0n) is 13.3. The Kier molecular flexibility index (Phi) is 4.04. The van der Waals surface area contributed by atoms with Crippen LogP contribution >= 0.6 is 0 Å². The molecule has 1 aliphatic rings. The van der Waals surface area contributed by atoms with Crippen LogP contribution in [0.4, 0.5) is 0 Å². The van der Waals surface area contributed by atoms with Crippen molar-refractivity contribution in [2.24, 2.45) is 0 Å². The minimum atomic E-state index is -0.310. The molecule has 0 spiro atoms. The molecule has 0 saturated carbocycles. The number of ether oxygens (including phenoxy) is 2. The Bertz CT molecular complexity index is 892. The first-order chi connectivity index (χ1) is 12.3. The van der Waals surface area contributed by atoms with Gasteiger partial charge in [0.2, 0.25) is 0 Å². The van der Waals surface area contributed by atoms with Crippen molar-refractivity contribution in [1.29, 1.82) is 0 Å². The highest BCUT2D eigenvalue weighted by Crippen LogP contribution is 2.35. The maximum absolute atomic E-state index is 12.5. The van der Waals surface area contributed by atoms with Gasteiger partial charge in [0.15, 0.2) is 29.3 Å². The quantitative estimate of drug-likeness (QED) is 0.787. The number of fused-ring (bicyclic) bond motifs is 1. The summed E-state index contributed by atoms with van der Waals surface area (Å²) in [7, 11) is 0. The molecule has 3 aromatic rings. The second-order valence-corrected chi connectivity index (χ2v) is 5.43. The highest BCUT2D eigenvalue weighted by Gasteiger charge is 2.20. The molecule has 0 saturated heterocycles. The van der Waals surface area contributed by atoms with Crippen molar-refractivity contribution >= 4 is 5.91 Å². The van der Waals surface area contributed by atoms with E-state index in [1.165, 1.54) is 6.39 Å². The number of carbonyl (C=O) groups excluding carboxylic acids is 1. The van der Waals surface area contributed by atoms with Crippen molar-refractivity contribution < 1.29 is 18.7 Å². The lowest BCUT2D eigenvalue weighted by Crippen LogP contribution is -2.23. The fourth-order valence-corrected chi connectivity index (χ4v) is 2.56. The van der Waals surface area contributed by atoms with Crippen molar-refractivity contribution in [3.05, 3.63) is 60.4 Å². The number of benzene rings is 1. The Hall–Kier alpha value is -3.35. The van der Waals surface area contributed by atoms with Gasteiger partial charge in [0.1, 0.15) is 13.2 Å². The van der Waals surface area contributed by atoms with Crippen LogP contribution in [-0.4, -0.2) is 29.1 Å². The van der Waals surface area contributed by atoms with Gasteiger partial charge in [-0.2, -0.15) is 0 Å². The van der Waals surface area contributed by atoms with E-state index in [1.54, 1.807) is 24.5 Å². The number of nitrogens with zero attached hydrogens (tertiary/aromatic N) is 2. The van der Waals surface area contributed by atoms with Crippen LogP contribution in [0.25, 0.3) is 11.3 Å². The number of aromatic nitrogens is 2. The molecule has 7 heteroatoms. The summed E-state index contributed by atoms with van der Waals surface area (Å²) in [5, 5.41) is 2.83. The average Bonchev–Trinajstić information content (AvgIpc) is 3.16. The Morgan fingerprint density at radius 2 is 1.88 bits per heavy atom. The lowest BCUT2D eigenvalue weighted by Gasteiger charge is -2.18. The summed E-state index contributed by atoms with van der Waals surface area (Å²) in [5.74, 6) is 1.39. The molecule has 0 unspecified atom stereocenters. The molecule has 0 aliphatic carbocycles. The molecular formula is C18H15N3O4. The number of hydrogen-bond acceptors (Lipinski definition) is 6. The second-order valence-electron chi connectivity index (χ2n) is 5.43. The van der Waals surface area contributed by atoms with E-state index in [0.717, 1.165) is 5.56 Å². The molecular weight excluding hydrogens is 322 g/mol. The van der Waals surface area contributed by atoms with E-state index in [0.29, 0.717) is 42.6 Å². The highest BCUT2D eigenvalue weighted by molar-refractivity contribution is 5.97. The standard InChI is InChI=1S/C18H15N3O4/c22-18(20-10-12-3-5-19-6-4-12)16-17(25-11-21-16)13-1-2-14-15(9-13)24-8-7-23-14/h1-6,9,11H,7-8,10H2,(H,20,22).